The molecule has 3 heterocycles. The van der Waals surface area contributed by atoms with Crippen LogP contribution in [0, 0.1) is 12.8 Å². The van der Waals surface area contributed by atoms with E-state index < -0.39 is 0 Å². The molecule has 0 bridgehead atoms. The van der Waals surface area contributed by atoms with Crippen molar-refractivity contribution in [3.8, 4) is 0 Å². The van der Waals surface area contributed by atoms with Crippen LogP contribution in [-0.4, -0.2) is 46.0 Å². The number of aromatic nitrogens is 2. The highest BCUT2D eigenvalue weighted by molar-refractivity contribution is 5.97. The Morgan fingerprint density at radius 3 is 2.90 bits per heavy atom. The van der Waals surface area contributed by atoms with E-state index in [4.69, 9.17) is 0 Å². The second kappa shape index (κ2) is 5.16. The molecule has 6 heteroatoms. The van der Waals surface area contributed by atoms with E-state index >= 15 is 0 Å². The number of rotatable bonds is 2. The molecular weight excluding hydrogens is 268 g/mol. The van der Waals surface area contributed by atoms with Gasteiger partial charge in [-0.25, -0.2) is 0 Å². The molecule has 0 unspecified atom stereocenters. The summed E-state index contributed by atoms with van der Waals surface area (Å²) in [6.45, 7) is 7.24. The number of amides is 2. The second-order valence-corrected chi connectivity index (χ2v) is 6.32. The molecule has 2 aliphatic heterocycles. The molecule has 1 aromatic rings. The van der Waals surface area contributed by atoms with Gasteiger partial charge < -0.3 is 10.2 Å². The summed E-state index contributed by atoms with van der Waals surface area (Å²) in [5, 5.41) is 10.1. The molecule has 2 atom stereocenters. The topological polar surface area (TPSA) is 78.1 Å². The first-order chi connectivity index (χ1) is 10.0. The Hall–Kier alpha value is -1.85. The standard InChI is InChI=1S/C15H22N4O2/c1-8(2)13-12(9(3)17-18-13)15(21)19-6-4-5-10-11(19)7-16-14(10)20/h8,10-11H,4-7H2,1-3H3,(H,16,20)(H,17,18)/t10-,11-/m1/s1. The number of fused-ring (bicyclic) bond motifs is 1. The van der Waals surface area contributed by atoms with Gasteiger partial charge in [0.15, 0.2) is 0 Å². The number of hydrogen-bond donors (Lipinski definition) is 2. The summed E-state index contributed by atoms with van der Waals surface area (Å²) in [5.74, 6) is 0.247. The zero-order valence-electron chi connectivity index (χ0n) is 12.8. The number of carbonyl (C=O) groups excluding carboxylic acids is 2. The number of aromatic amines is 1. The van der Waals surface area contributed by atoms with Crippen LogP contribution >= 0.6 is 0 Å². The van der Waals surface area contributed by atoms with Crippen LogP contribution in [0.5, 0.6) is 0 Å². The van der Waals surface area contributed by atoms with Gasteiger partial charge in [-0.2, -0.15) is 5.10 Å². The fraction of sp³-hybridized carbons (Fsp3) is 0.667. The van der Waals surface area contributed by atoms with Crippen LogP contribution in [0.25, 0.3) is 0 Å². The van der Waals surface area contributed by atoms with E-state index in [-0.39, 0.29) is 29.7 Å². The second-order valence-electron chi connectivity index (χ2n) is 6.32. The first-order valence-electron chi connectivity index (χ1n) is 7.64. The van der Waals surface area contributed by atoms with Crippen molar-refractivity contribution in [1.82, 2.24) is 20.4 Å². The van der Waals surface area contributed by atoms with Gasteiger partial charge in [-0.1, -0.05) is 13.8 Å². The number of aryl methyl sites for hydroxylation is 1. The summed E-state index contributed by atoms with van der Waals surface area (Å²) >= 11 is 0. The predicted molar refractivity (Wildman–Crippen MR) is 78.0 cm³/mol. The van der Waals surface area contributed by atoms with Gasteiger partial charge in [-0.05, 0) is 25.7 Å². The minimum absolute atomic E-state index is 0.00642. The molecule has 21 heavy (non-hydrogen) atoms. The van der Waals surface area contributed by atoms with Gasteiger partial charge in [0.2, 0.25) is 5.91 Å². The molecule has 0 aromatic carbocycles. The van der Waals surface area contributed by atoms with Gasteiger partial charge >= 0.3 is 0 Å². The Bertz CT molecular complexity index is 578. The van der Waals surface area contributed by atoms with Crippen molar-refractivity contribution in [1.29, 1.82) is 0 Å². The summed E-state index contributed by atoms with van der Waals surface area (Å²) in [5.41, 5.74) is 2.31. The predicted octanol–water partition coefficient (Wildman–Crippen LogP) is 1.19. The SMILES string of the molecule is Cc1[nH]nc(C(C)C)c1C(=O)N1CCC[C@H]2C(=O)NC[C@H]21. The molecule has 3 rings (SSSR count). The lowest BCUT2D eigenvalue weighted by atomic mass is 9.90. The summed E-state index contributed by atoms with van der Waals surface area (Å²) in [4.78, 5) is 26.7. The average molecular weight is 290 g/mol. The van der Waals surface area contributed by atoms with Crippen LogP contribution < -0.4 is 5.32 Å². The Morgan fingerprint density at radius 1 is 1.43 bits per heavy atom. The van der Waals surface area contributed by atoms with Crippen LogP contribution in [-0.2, 0) is 4.79 Å². The molecule has 6 nitrogen and oxygen atoms in total. The molecule has 114 valence electrons. The molecule has 2 fully saturated rings. The Kier molecular flexibility index (Phi) is 3.47. The lowest BCUT2D eigenvalue weighted by molar-refractivity contribution is -0.123. The number of nitrogens with zero attached hydrogens (tertiary/aromatic N) is 2. The zero-order chi connectivity index (χ0) is 15.1. The minimum Gasteiger partial charge on any atom is -0.354 e. The average Bonchev–Trinajstić information content (AvgIpc) is 3.02. The van der Waals surface area contributed by atoms with Gasteiger partial charge in [0, 0.05) is 18.8 Å². The summed E-state index contributed by atoms with van der Waals surface area (Å²) in [6, 6.07) is -0.00642. The fourth-order valence-electron chi connectivity index (χ4n) is 3.48. The normalized spacial score (nSPS) is 25.1. The summed E-state index contributed by atoms with van der Waals surface area (Å²) < 4.78 is 0. The molecule has 2 saturated heterocycles. The maximum Gasteiger partial charge on any atom is 0.257 e. The van der Waals surface area contributed by atoms with Crippen LogP contribution in [0.15, 0.2) is 0 Å². The summed E-state index contributed by atoms with van der Waals surface area (Å²) in [6.07, 6.45) is 1.76. The van der Waals surface area contributed by atoms with E-state index in [2.05, 4.69) is 15.5 Å². The van der Waals surface area contributed by atoms with Crippen LogP contribution in [0.4, 0.5) is 0 Å². The highest BCUT2D eigenvalue weighted by Crippen LogP contribution is 2.30. The van der Waals surface area contributed by atoms with E-state index in [0.29, 0.717) is 12.1 Å². The third-order valence-corrected chi connectivity index (χ3v) is 4.60. The Labute approximate surface area is 124 Å². The van der Waals surface area contributed by atoms with E-state index in [9.17, 15) is 9.59 Å². The van der Waals surface area contributed by atoms with Crippen LogP contribution in [0.3, 0.4) is 0 Å². The number of nitrogens with one attached hydrogen (secondary N) is 2. The summed E-state index contributed by atoms with van der Waals surface area (Å²) in [7, 11) is 0. The van der Waals surface area contributed by atoms with Gasteiger partial charge in [-0.3, -0.25) is 14.7 Å². The molecule has 2 aliphatic rings. The molecule has 2 amide bonds. The zero-order valence-corrected chi connectivity index (χ0v) is 12.8. The van der Waals surface area contributed by atoms with Gasteiger partial charge in [-0.15, -0.1) is 0 Å². The largest absolute Gasteiger partial charge is 0.354 e. The number of H-pyrrole nitrogens is 1. The lowest BCUT2D eigenvalue weighted by Gasteiger charge is -2.36. The van der Waals surface area contributed by atoms with Gasteiger partial charge in [0.1, 0.15) is 0 Å². The number of piperidine rings is 1. The minimum atomic E-state index is -0.0441. The van der Waals surface area contributed by atoms with Crippen molar-refractivity contribution in [3.05, 3.63) is 17.0 Å². The van der Waals surface area contributed by atoms with E-state index in [1.165, 1.54) is 0 Å². The van der Waals surface area contributed by atoms with Crippen molar-refractivity contribution in [3.63, 3.8) is 0 Å². The van der Waals surface area contributed by atoms with E-state index in [0.717, 1.165) is 30.8 Å². The number of likely N-dealkylation sites (tertiary alicyclic amines) is 1. The van der Waals surface area contributed by atoms with Crippen molar-refractivity contribution in [2.75, 3.05) is 13.1 Å². The first kappa shape index (κ1) is 14.1. The van der Waals surface area contributed by atoms with Gasteiger partial charge in [0.25, 0.3) is 5.91 Å². The Balaban J connectivity index is 1.92. The quantitative estimate of drug-likeness (QED) is 0.859. The molecule has 2 N–H and O–H groups in total. The highest BCUT2D eigenvalue weighted by atomic mass is 16.2. The van der Waals surface area contributed by atoms with Crippen molar-refractivity contribution in [2.45, 2.75) is 45.6 Å². The molecule has 1 aromatic heterocycles. The highest BCUT2D eigenvalue weighted by Gasteiger charge is 2.43. The fourth-order valence-corrected chi connectivity index (χ4v) is 3.48. The molecule has 0 radical (unpaired) electrons. The lowest BCUT2D eigenvalue weighted by Crippen LogP contribution is -2.49. The van der Waals surface area contributed by atoms with Crippen molar-refractivity contribution < 1.29 is 9.59 Å². The molecular formula is C15H22N4O2. The van der Waals surface area contributed by atoms with Crippen molar-refractivity contribution in [2.24, 2.45) is 5.92 Å². The third-order valence-electron chi connectivity index (χ3n) is 4.60. The van der Waals surface area contributed by atoms with E-state index in [1.807, 2.05) is 25.7 Å². The molecule has 0 spiro atoms. The molecule has 0 aliphatic carbocycles. The maximum atomic E-state index is 13.0. The smallest absolute Gasteiger partial charge is 0.257 e. The number of carbonyl (C=O) groups is 2. The van der Waals surface area contributed by atoms with Crippen LogP contribution in [0.1, 0.15) is 54.4 Å². The Morgan fingerprint density at radius 2 is 2.19 bits per heavy atom. The first-order valence-corrected chi connectivity index (χ1v) is 7.64. The third kappa shape index (κ3) is 2.22. The van der Waals surface area contributed by atoms with E-state index in [1.54, 1.807) is 0 Å². The van der Waals surface area contributed by atoms with Crippen molar-refractivity contribution >= 4 is 11.8 Å². The van der Waals surface area contributed by atoms with Crippen LogP contribution in [0.2, 0.25) is 0 Å². The monoisotopic (exact) mass is 290 g/mol. The van der Waals surface area contributed by atoms with Gasteiger partial charge in [0.05, 0.1) is 23.2 Å². The molecule has 0 saturated carbocycles. The maximum absolute atomic E-state index is 13.0. The number of hydrogen-bond acceptors (Lipinski definition) is 3.